The quantitative estimate of drug-likeness (QED) is 0.830. The maximum absolute atomic E-state index is 13.6. The summed E-state index contributed by atoms with van der Waals surface area (Å²) < 4.78 is 13.6. The first-order chi connectivity index (χ1) is 7.68. The molecule has 0 heterocycles. The fraction of sp³-hybridized carbons (Fsp3) is 0.538. The molecule has 2 N–H and O–H groups in total. The highest BCUT2D eigenvalue weighted by molar-refractivity contribution is 6.30. The van der Waals surface area contributed by atoms with Gasteiger partial charge in [0.1, 0.15) is 5.82 Å². The summed E-state index contributed by atoms with van der Waals surface area (Å²) in [5, 5.41) is 0.558. The average molecular weight is 242 g/mol. The summed E-state index contributed by atoms with van der Waals surface area (Å²) in [6.45, 7) is 0. The monoisotopic (exact) mass is 241 g/mol. The largest absolute Gasteiger partial charge is 0.324 e. The zero-order chi connectivity index (χ0) is 11.5. The lowest BCUT2D eigenvalue weighted by Crippen LogP contribution is -2.24. The molecule has 1 saturated carbocycles. The summed E-state index contributed by atoms with van der Waals surface area (Å²) in [4.78, 5) is 0. The molecule has 88 valence electrons. The highest BCUT2D eigenvalue weighted by Gasteiger charge is 2.24. The summed E-state index contributed by atoms with van der Waals surface area (Å²) >= 11 is 5.88. The predicted octanol–water partition coefficient (Wildman–Crippen LogP) is 4.06. The van der Waals surface area contributed by atoms with Gasteiger partial charge in [0.2, 0.25) is 0 Å². The van der Waals surface area contributed by atoms with Crippen LogP contribution in [-0.2, 0) is 0 Å². The first-order valence-corrected chi connectivity index (χ1v) is 6.27. The van der Waals surface area contributed by atoms with Crippen molar-refractivity contribution in [2.75, 3.05) is 0 Å². The van der Waals surface area contributed by atoms with E-state index in [2.05, 4.69) is 0 Å². The van der Waals surface area contributed by atoms with E-state index >= 15 is 0 Å². The van der Waals surface area contributed by atoms with Crippen LogP contribution in [0, 0.1) is 11.7 Å². The molecule has 0 spiro atoms. The van der Waals surface area contributed by atoms with Crippen LogP contribution >= 0.6 is 11.6 Å². The standard InChI is InChI=1S/C13H17ClFN/c14-10-6-7-12(15)11(8-10)13(16)9-4-2-1-3-5-9/h6-9,13H,1-5,16H2/t13-/m1/s1. The Morgan fingerprint density at radius 3 is 2.62 bits per heavy atom. The topological polar surface area (TPSA) is 26.0 Å². The molecule has 0 bridgehead atoms. The highest BCUT2D eigenvalue weighted by atomic mass is 35.5. The van der Waals surface area contributed by atoms with Gasteiger partial charge >= 0.3 is 0 Å². The van der Waals surface area contributed by atoms with E-state index in [1.54, 1.807) is 12.1 Å². The Labute approximate surface area is 101 Å². The Hall–Kier alpha value is -0.600. The van der Waals surface area contributed by atoms with E-state index in [4.69, 9.17) is 17.3 Å². The molecular weight excluding hydrogens is 225 g/mol. The summed E-state index contributed by atoms with van der Waals surface area (Å²) in [6, 6.07) is 4.42. The van der Waals surface area contributed by atoms with Crippen molar-refractivity contribution in [3.8, 4) is 0 Å². The van der Waals surface area contributed by atoms with Crippen molar-refractivity contribution < 1.29 is 4.39 Å². The first kappa shape index (κ1) is 11.9. The maximum atomic E-state index is 13.6. The second kappa shape index (κ2) is 5.15. The minimum atomic E-state index is -0.234. The van der Waals surface area contributed by atoms with Crippen LogP contribution in [0.1, 0.15) is 43.7 Å². The van der Waals surface area contributed by atoms with Crippen LogP contribution in [0.5, 0.6) is 0 Å². The molecule has 0 aliphatic heterocycles. The van der Waals surface area contributed by atoms with Gasteiger partial charge in [-0.15, -0.1) is 0 Å². The van der Waals surface area contributed by atoms with E-state index in [0.717, 1.165) is 12.8 Å². The minimum absolute atomic E-state index is 0.209. The third-order valence-electron chi connectivity index (χ3n) is 3.47. The molecule has 0 radical (unpaired) electrons. The maximum Gasteiger partial charge on any atom is 0.128 e. The van der Waals surface area contributed by atoms with Gasteiger partial charge in [0.05, 0.1) is 0 Å². The molecule has 0 unspecified atom stereocenters. The molecule has 1 aliphatic rings. The SMILES string of the molecule is N[C@@H](c1cc(Cl)ccc1F)C1CCCCC1. The number of benzene rings is 1. The number of hydrogen-bond donors (Lipinski definition) is 1. The summed E-state index contributed by atoms with van der Waals surface area (Å²) in [6.07, 6.45) is 5.91. The lowest BCUT2D eigenvalue weighted by atomic mass is 9.81. The zero-order valence-electron chi connectivity index (χ0n) is 9.26. The van der Waals surface area contributed by atoms with E-state index in [-0.39, 0.29) is 11.9 Å². The van der Waals surface area contributed by atoms with Gasteiger partial charge in [-0.3, -0.25) is 0 Å². The zero-order valence-corrected chi connectivity index (χ0v) is 10.0. The van der Waals surface area contributed by atoms with Crippen molar-refractivity contribution in [1.82, 2.24) is 0 Å². The smallest absolute Gasteiger partial charge is 0.128 e. The Kier molecular flexibility index (Phi) is 3.82. The third-order valence-corrected chi connectivity index (χ3v) is 3.71. The molecule has 1 fully saturated rings. The molecule has 1 aromatic rings. The van der Waals surface area contributed by atoms with Crippen molar-refractivity contribution in [1.29, 1.82) is 0 Å². The lowest BCUT2D eigenvalue weighted by molar-refractivity contribution is 0.303. The van der Waals surface area contributed by atoms with Crippen LogP contribution in [0.15, 0.2) is 18.2 Å². The molecule has 16 heavy (non-hydrogen) atoms. The van der Waals surface area contributed by atoms with Gasteiger partial charge in [-0.1, -0.05) is 30.9 Å². The Morgan fingerprint density at radius 2 is 1.94 bits per heavy atom. The fourth-order valence-electron chi connectivity index (χ4n) is 2.52. The van der Waals surface area contributed by atoms with Crippen LogP contribution in [0.3, 0.4) is 0 Å². The normalized spacial score (nSPS) is 19.7. The van der Waals surface area contributed by atoms with Crippen molar-refractivity contribution in [3.05, 3.63) is 34.6 Å². The van der Waals surface area contributed by atoms with E-state index in [9.17, 15) is 4.39 Å². The molecule has 1 aromatic carbocycles. The third kappa shape index (κ3) is 2.55. The molecule has 0 saturated heterocycles. The van der Waals surface area contributed by atoms with Gasteiger partial charge in [-0.05, 0) is 37.0 Å². The predicted molar refractivity (Wildman–Crippen MR) is 64.9 cm³/mol. The molecule has 1 aliphatic carbocycles. The molecular formula is C13H17ClFN. The Morgan fingerprint density at radius 1 is 1.25 bits per heavy atom. The van der Waals surface area contributed by atoms with Gasteiger partial charge in [-0.25, -0.2) is 4.39 Å². The van der Waals surface area contributed by atoms with E-state index < -0.39 is 0 Å². The number of halogens is 2. The van der Waals surface area contributed by atoms with Crippen LogP contribution < -0.4 is 5.73 Å². The van der Waals surface area contributed by atoms with Gasteiger partial charge in [0.15, 0.2) is 0 Å². The summed E-state index contributed by atoms with van der Waals surface area (Å²) in [7, 11) is 0. The molecule has 2 rings (SSSR count). The summed E-state index contributed by atoms with van der Waals surface area (Å²) in [5.74, 6) is 0.171. The molecule has 3 heteroatoms. The van der Waals surface area contributed by atoms with E-state index in [1.165, 1.54) is 25.3 Å². The van der Waals surface area contributed by atoms with E-state index in [1.807, 2.05) is 0 Å². The number of hydrogen-bond acceptors (Lipinski definition) is 1. The molecule has 0 amide bonds. The van der Waals surface area contributed by atoms with Crippen molar-refractivity contribution in [3.63, 3.8) is 0 Å². The molecule has 1 atom stereocenters. The Bertz CT molecular complexity index is 361. The average Bonchev–Trinajstić information content (AvgIpc) is 2.32. The first-order valence-electron chi connectivity index (χ1n) is 5.89. The van der Waals surface area contributed by atoms with Crippen LogP contribution in [0.2, 0.25) is 5.02 Å². The van der Waals surface area contributed by atoms with Crippen LogP contribution in [-0.4, -0.2) is 0 Å². The second-order valence-electron chi connectivity index (χ2n) is 4.59. The molecule has 0 aromatic heterocycles. The van der Waals surface area contributed by atoms with Crippen LogP contribution in [0.25, 0.3) is 0 Å². The van der Waals surface area contributed by atoms with Crippen molar-refractivity contribution in [2.24, 2.45) is 11.7 Å². The summed E-state index contributed by atoms with van der Waals surface area (Å²) in [5.41, 5.74) is 6.71. The second-order valence-corrected chi connectivity index (χ2v) is 5.03. The van der Waals surface area contributed by atoms with Crippen molar-refractivity contribution in [2.45, 2.75) is 38.1 Å². The van der Waals surface area contributed by atoms with Gasteiger partial charge in [0.25, 0.3) is 0 Å². The minimum Gasteiger partial charge on any atom is -0.324 e. The lowest BCUT2D eigenvalue weighted by Gasteiger charge is -2.28. The van der Waals surface area contributed by atoms with Gasteiger partial charge in [-0.2, -0.15) is 0 Å². The van der Waals surface area contributed by atoms with Gasteiger partial charge in [0, 0.05) is 16.6 Å². The molecule has 1 nitrogen and oxygen atoms in total. The van der Waals surface area contributed by atoms with E-state index in [0.29, 0.717) is 16.5 Å². The number of nitrogens with two attached hydrogens (primary N) is 1. The highest BCUT2D eigenvalue weighted by Crippen LogP contribution is 2.34. The van der Waals surface area contributed by atoms with Gasteiger partial charge < -0.3 is 5.73 Å². The number of rotatable bonds is 2. The fourth-order valence-corrected chi connectivity index (χ4v) is 2.70. The van der Waals surface area contributed by atoms with Crippen molar-refractivity contribution >= 4 is 11.6 Å². The van der Waals surface area contributed by atoms with Crippen LogP contribution in [0.4, 0.5) is 4.39 Å². The Balaban J connectivity index is 2.18.